The average Bonchev–Trinajstić information content (AvgIpc) is 2.24. The lowest BCUT2D eigenvalue weighted by Crippen LogP contribution is -2.69. The Bertz CT molecular complexity index is 500. The zero-order valence-corrected chi connectivity index (χ0v) is 10.5. The summed E-state index contributed by atoms with van der Waals surface area (Å²) in [4.78, 5) is 7.54. The lowest BCUT2D eigenvalue weighted by Gasteiger charge is -2.39. The molecule has 1 N–H and O–H groups in total. The molecule has 17 heteroatoms. The number of halogens is 14. The van der Waals surface area contributed by atoms with Gasteiger partial charge >= 0.3 is 43.2 Å². The van der Waals surface area contributed by atoms with E-state index in [-0.39, 0.29) is 0 Å². The Morgan fingerprint density at radius 1 is 0.565 bits per heavy atom. The Morgan fingerprint density at radius 3 is 1.04 bits per heavy atom. The lowest BCUT2D eigenvalue weighted by atomic mass is 9.98. The zero-order valence-electron chi connectivity index (χ0n) is 9.59. The molecule has 0 amide bonds. The van der Waals surface area contributed by atoms with Gasteiger partial charge in [0, 0.05) is 0 Å². The van der Waals surface area contributed by atoms with Gasteiger partial charge in [-0.25, -0.2) is 4.57 Å². The molecule has 0 spiro atoms. The summed E-state index contributed by atoms with van der Waals surface area (Å²) in [6.45, 7) is 0. The Hall–Kier alpha value is -0.790. The fourth-order valence-corrected chi connectivity index (χ4v) is 1.42. The van der Waals surface area contributed by atoms with E-state index in [0.29, 0.717) is 0 Å². The number of rotatable bonds is 5. The van der Waals surface area contributed by atoms with E-state index in [0.717, 1.165) is 0 Å². The summed E-state index contributed by atoms with van der Waals surface area (Å²) in [6, 6.07) is 0. The molecule has 0 saturated heterocycles. The minimum atomic E-state index is -8.28. The molecule has 0 saturated carbocycles. The Morgan fingerprint density at radius 2 is 0.826 bits per heavy atom. The van der Waals surface area contributed by atoms with E-state index in [1.165, 1.54) is 0 Å². The van der Waals surface area contributed by atoms with Gasteiger partial charge in [0.05, 0.1) is 0 Å². The maximum absolute atomic E-state index is 12.7. The number of alkyl halides is 13. The molecule has 0 radical (unpaired) electrons. The van der Waals surface area contributed by atoms with E-state index in [2.05, 4.69) is 0 Å². The van der Waals surface area contributed by atoms with Crippen LogP contribution in [0.25, 0.3) is 0 Å². The molecule has 1 atom stereocenters. The summed E-state index contributed by atoms with van der Waals surface area (Å²) >= 11 is 0. The van der Waals surface area contributed by atoms with Gasteiger partial charge in [-0.05, 0) is 0 Å². The van der Waals surface area contributed by atoms with E-state index in [1.807, 2.05) is 0 Å². The van der Waals surface area contributed by atoms with Crippen molar-refractivity contribution in [3.8, 4) is 0 Å². The molecule has 2 nitrogen and oxygen atoms in total. The summed E-state index contributed by atoms with van der Waals surface area (Å²) in [5.74, 6) is -32.6. The van der Waals surface area contributed by atoms with Crippen LogP contribution in [0.2, 0.25) is 0 Å². The van der Waals surface area contributed by atoms with Crippen molar-refractivity contribution in [2.45, 2.75) is 35.5 Å². The molecule has 1 unspecified atom stereocenters. The Balaban J connectivity index is 6.43. The van der Waals surface area contributed by atoms with Gasteiger partial charge in [0.2, 0.25) is 0 Å². The summed E-state index contributed by atoms with van der Waals surface area (Å²) in [5.41, 5.74) is -7.60. The third-order valence-electron chi connectivity index (χ3n) is 2.26. The second-order valence-electron chi connectivity index (χ2n) is 3.84. The van der Waals surface area contributed by atoms with E-state index < -0.39 is 43.2 Å². The van der Waals surface area contributed by atoms with Crippen LogP contribution in [0.3, 0.4) is 0 Å². The summed E-state index contributed by atoms with van der Waals surface area (Å²) < 4.78 is 182. The molecule has 0 bridgehead atoms. The molecule has 0 aromatic carbocycles. The van der Waals surface area contributed by atoms with Crippen molar-refractivity contribution < 1.29 is 70.7 Å². The maximum atomic E-state index is 12.7. The fraction of sp³-hybridized carbons (Fsp3) is 1.00. The Labute approximate surface area is 115 Å². The van der Waals surface area contributed by atoms with E-state index >= 15 is 0 Å². The number of hydrogen-bond donors (Lipinski definition) is 1. The van der Waals surface area contributed by atoms with Crippen LogP contribution in [-0.4, -0.2) is 40.4 Å². The third kappa shape index (κ3) is 2.76. The minimum absolute atomic E-state index is 7.54. The first kappa shape index (κ1) is 22.2. The van der Waals surface area contributed by atoms with Crippen molar-refractivity contribution in [1.29, 1.82) is 0 Å². The molecule has 0 aliphatic heterocycles. The normalized spacial score (nSPS) is 18.7. The standard InChI is InChI=1S/C6HF14O2P/c7-1(8,3(11,12)5(15,16)17)2(9,10)4(13,14)6(18,19)23(20,21)22/h(H,21,22). The van der Waals surface area contributed by atoms with Crippen LogP contribution in [0.15, 0.2) is 0 Å². The van der Waals surface area contributed by atoms with Crippen molar-refractivity contribution in [1.82, 2.24) is 0 Å². The first-order valence-electron chi connectivity index (χ1n) is 4.48. The molecule has 140 valence electrons. The van der Waals surface area contributed by atoms with Crippen molar-refractivity contribution in [2.75, 3.05) is 0 Å². The molecule has 0 aromatic rings. The topological polar surface area (TPSA) is 37.3 Å². The van der Waals surface area contributed by atoms with Crippen molar-refractivity contribution in [3.05, 3.63) is 0 Å². The third-order valence-corrected chi connectivity index (χ3v) is 3.24. The molecule has 0 fully saturated rings. The summed E-state index contributed by atoms with van der Waals surface area (Å²) in [5, 5.41) is 0. The van der Waals surface area contributed by atoms with Gasteiger partial charge in [0.25, 0.3) is 0 Å². The van der Waals surface area contributed by atoms with Crippen LogP contribution in [0.4, 0.5) is 61.3 Å². The first-order chi connectivity index (χ1) is 9.50. The molecule has 0 aromatic heterocycles. The molecule has 0 rings (SSSR count). The van der Waals surface area contributed by atoms with E-state index in [1.54, 1.807) is 0 Å². The molecule has 23 heavy (non-hydrogen) atoms. The predicted octanol–water partition coefficient (Wildman–Crippen LogP) is 4.84. The highest BCUT2D eigenvalue weighted by molar-refractivity contribution is 7.53. The monoisotopic (exact) mass is 402 g/mol. The van der Waals surface area contributed by atoms with Gasteiger partial charge in [-0.3, -0.25) is 0 Å². The summed E-state index contributed by atoms with van der Waals surface area (Å²) in [6.07, 6.45) is -7.61. The average molecular weight is 402 g/mol. The van der Waals surface area contributed by atoms with Crippen LogP contribution in [0.5, 0.6) is 0 Å². The molecule has 0 heterocycles. The van der Waals surface area contributed by atoms with Gasteiger partial charge in [-0.15, -0.1) is 0 Å². The largest absolute Gasteiger partial charge is 0.460 e. The maximum Gasteiger partial charge on any atom is 0.460 e. The van der Waals surface area contributed by atoms with Crippen LogP contribution in [0.1, 0.15) is 0 Å². The SMILES string of the molecule is O=P(O)(F)C(F)(F)C(F)(F)C(F)(F)C(F)(F)C(F)(F)C(F)(F)F. The summed E-state index contributed by atoms with van der Waals surface area (Å²) in [7, 11) is -8.17. The zero-order chi connectivity index (χ0) is 19.5. The van der Waals surface area contributed by atoms with Gasteiger partial charge in [0.15, 0.2) is 0 Å². The Kier molecular flexibility index (Phi) is 4.93. The fourth-order valence-electron chi connectivity index (χ4n) is 0.934. The van der Waals surface area contributed by atoms with Gasteiger partial charge in [-0.1, -0.05) is 0 Å². The minimum Gasteiger partial charge on any atom is -0.317 e. The van der Waals surface area contributed by atoms with Crippen molar-refractivity contribution >= 4 is 7.68 Å². The first-order valence-corrected chi connectivity index (χ1v) is 6.03. The van der Waals surface area contributed by atoms with Crippen LogP contribution in [0, 0.1) is 0 Å². The van der Waals surface area contributed by atoms with Gasteiger partial charge in [0.1, 0.15) is 0 Å². The molecular weight excluding hydrogens is 401 g/mol. The van der Waals surface area contributed by atoms with Crippen molar-refractivity contribution in [2.24, 2.45) is 0 Å². The van der Waals surface area contributed by atoms with E-state index in [4.69, 9.17) is 4.89 Å². The smallest absolute Gasteiger partial charge is 0.317 e. The highest BCUT2D eigenvalue weighted by atomic mass is 31.2. The van der Waals surface area contributed by atoms with Gasteiger partial charge < -0.3 is 4.89 Å². The van der Waals surface area contributed by atoms with Crippen LogP contribution < -0.4 is 0 Å². The van der Waals surface area contributed by atoms with Crippen molar-refractivity contribution in [3.63, 3.8) is 0 Å². The molecule has 0 aliphatic rings. The highest BCUT2D eigenvalue weighted by Gasteiger charge is 2.93. The second kappa shape index (κ2) is 5.10. The number of hydrogen-bond acceptors (Lipinski definition) is 1. The second-order valence-corrected chi connectivity index (χ2v) is 5.40. The van der Waals surface area contributed by atoms with Crippen LogP contribution in [-0.2, 0) is 4.57 Å². The quantitative estimate of drug-likeness (QED) is 0.528. The lowest BCUT2D eigenvalue weighted by molar-refractivity contribution is -0.434. The highest BCUT2D eigenvalue weighted by Crippen LogP contribution is 2.70. The van der Waals surface area contributed by atoms with Crippen LogP contribution >= 0.6 is 7.68 Å². The van der Waals surface area contributed by atoms with E-state index in [9.17, 15) is 65.8 Å². The van der Waals surface area contributed by atoms with Gasteiger partial charge in [-0.2, -0.15) is 61.3 Å². The molecule has 0 aliphatic carbocycles. The predicted molar refractivity (Wildman–Crippen MR) is 41.7 cm³/mol. The molecular formula is C6HF14O2P.